The molecule has 0 atom stereocenters. The Bertz CT molecular complexity index is 1820. The first-order chi connectivity index (χ1) is 23.3. The lowest BCUT2D eigenvalue weighted by Crippen LogP contribution is -2.34. The number of nitrogens with two attached hydrogens (primary N) is 1. The number of hydrogen-bond acceptors (Lipinski definition) is 10. The summed E-state index contributed by atoms with van der Waals surface area (Å²) in [5.74, 6) is 2.75. The molecule has 0 spiro atoms. The average Bonchev–Trinajstić information content (AvgIpc) is 3.11. The standard InChI is InChI=1S/C16H13IN2O4.C9H9NO3.C9H8O3/c17-11-2-1-3-12(9-11)18-16(21)19-15(20)10-4-5-13-14(8-10)23-7-6-22-13;10-9(11)6-1-2-7-8(5-6)13-4-3-12-7;10-6-7-1-2-8-9(5-7)12-4-3-11-8/h1-5,8-9H,6-7H2,(H2,18,19,20,21);1-2,5H,3-4H2,(H2,10,11);1-2,5-6H,3-4H2. The van der Waals surface area contributed by atoms with Gasteiger partial charge in [0, 0.05) is 25.9 Å². The first kappa shape index (κ1) is 33.8. The van der Waals surface area contributed by atoms with Gasteiger partial charge in [-0.1, -0.05) is 6.07 Å². The van der Waals surface area contributed by atoms with Crippen LogP contribution >= 0.6 is 22.6 Å². The number of ether oxygens (including phenoxy) is 6. The van der Waals surface area contributed by atoms with Crippen molar-refractivity contribution in [1.29, 1.82) is 0 Å². The van der Waals surface area contributed by atoms with E-state index in [1.807, 2.05) is 12.1 Å². The number of hydrogen-bond donors (Lipinski definition) is 3. The first-order valence-electron chi connectivity index (χ1n) is 14.6. The monoisotopic (exact) mass is 767 g/mol. The minimum atomic E-state index is -0.591. The van der Waals surface area contributed by atoms with E-state index >= 15 is 0 Å². The Labute approximate surface area is 288 Å². The van der Waals surface area contributed by atoms with Crippen LogP contribution in [-0.4, -0.2) is 63.8 Å². The quantitative estimate of drug-likeness (QED) is 0.193. The lowest BCUT2D eigenvalue weighted by atomic mass is 10.2. The lowest BCUT2D eigenvalue weighted by molar-refractivity contribution is 0.0963. The fourth-order valence-corrected chi connectivity index (χ4v) is 4.96. The molecule has 13 nitrogen and oxygen atoms in total. The van der Waals surface area contributed by atoms with Crippen molar-refractivity contribution in [3.05, 3.63) is 99.1 Å². The van der Waals surface area contributed by atoms with Crippen LogP contribution in [0.4, 0.5) is 10.5 Å². The van der Waals surface area contributed by atoms with Gasteiger partial charge in [-0.05, 0) is 95.4 Å². The molecule has 0 aromatic heterocycles. The number of primary amides is 1. The van der Waals surface area contributed by atoms with Crippen molar-refractivity contribution in [3.8, 4) is 34.5 Å². The molecule has 0 saturated heterocycles. The number of benzene rings is 4. The Hall–Kier alpha value is -5.51. The highest BCUT2D eigenvalue weighted by Crippen LogP contribution is 2.32. The molecule has 0 radical (unpaired) electrons. The molecule has 3 heterocycles. The van der Waals surface area contributed by atoms with Crippen molar-refractivity contribution in [2.75, 3.05) is 45.0 Å². The molecule has 0 fully saturated rings. The number of anilines is 1. The number of imide groups is 1. The lowest BCUT2D eigenvalue weighted by Gasteiger charge is -2.18. The summed E-state index contributed by atoms with van der Waals surface area (Å²) in [6, 6.07) is 21.5. The SMILES string of the molecule is NC(=O)c1ccc2c(c1)OCCO2.O=C(NC(=O)c1ccc2c(c1)OCCO2)Nc1cccc(I)c1.O=Cc1ccc2c(c1)OCCO2. The number of fused-ring (bicyclic) bond motifs is 3. The Balaban J connectivity index is 0.000000153. The molecule has 4 aromatic rings. The van der Waals surface area contributed by atoms with Gasteiger partial charge in [-0.2, -0.15) is 0 Å². The first-order valence-corrected chi connectivity index (χ1v) is 15.7. The molecule has 7 rings (SSSR count). The summed E-state index contributed by atoms with van der Waals surface area (Å²) in [5, 5.41) is 4.90. The third-order valence-corrected chi connectivity index (χ3v) is 7.31. The van der Waals surface area contributed by atoms with E-state index in [0.29, 0.717) is 96.5 Å². The van der Waals surface area contributed by atoms with E-state index in [2.05, 4.69) is 33.2 Å². The van der Waals surface area contributed by atoms with E-state index in [0.717, 1.165) is 9.86 Å². The fourth-order valence-electron chi connectivity index (χ4n) is 4.42. The Morgan fingerprint density at radius 2 is 1.12 bits per heavy atom. The normalized spacial score (nSPS) is 13.2. The summed E-state index contributed by atoms with van der Waals surface area (Å²) in [6.45, 7) is 3.10. The number of carbonyl (C=O) groups is 4. The molecule has 3 aliphatic rings. The second kappa shape index (κ2) is 16.4. The van der Waals surface area contributed by atoms with Crippen molar-refractivity contribution >= 4 is 52.4 Å². The predicted molar refractivity (Wildman–Crippen MR) is 182 cm³/mol. The zero-order valence-electron chi connectivity index (χ0n) is 25.4. The summed E-state index contributed by atoms with van der Waals surface area (Å²) in [4.78, 5) is 45.2. The number of amides is 4. The minimum absolute atomic E-state index is 0.326. The summed E-state index contributed by atoms with van der Waals surface area (Å²) >= 11 is 2.14. The number of nitrogens with one attached hydrogen (secondary N) is 2. The summed E-state index contributed by atoms with van der Waals surface area (Å²) in [6.07, 6.45) is 0.790. The maximum atomic E-state index is 12.1. The predicted octanol–water partition coefficient (Wildman–Crippen LogP) is 4.85. The van der Waals surface area contributed by atoms with E-state index in [1.54, 1.807) is 66.7 Å². The third kappa shape index (κ3) is 9.28. The van der Waals surface area contributed by atoms with E-state index in [9.17, 15) is 19.2 Å². The van der Waals surface area contributed by atoms with Gasteiger partial charge >= 0.3 is 6.03 Å². The van der Waals surface area contributed by atoms with Crippen LogP contribution in [0.3, 0.4) is 0 Å². The molecule has 14 heteroatoms. The zero-order chi connectivity index (χ0) is 33.9. The number of carbonyl (C=O) groups excluding carboxylic acids is 4. The highest BCUT2D eigenvalue weighted by Gasteiger charge is 2.17. The molecule has 4 N–H and O–H groups in total. The van der Waals surface area contributed by atoms with Crippen molar-refractivity contribution in [3.63, 3.8) is 0 Å². The second-order valence-corrected chi connectivity index (χ2v) is 11.3. The number of rotatable bonds is 4. The molecule has 4 aromatic carbocycles. The molecule has 4 amide bonds. The van der Waals surface area contributed by atoms with Gasteiger partial charge in [0.2, 0.25) is 5.91 Å². The number of urea groups is 1. The number of aldehydes is 1. The van der Waals surface area contributed by atoms with Crippen LogP contribution in [0.2, 0.25) is 0 Å². The molecule has 0 saturated carbocycles. The highest BCUT2D eigenvalue weighted by atomic mass is 127. The zero-order valence-corrected chi connectivity index (χ0v) is 27.5. The molecular weight excluding hydrogens is 737 g/mol. The van der Waals surface area contributed by atoms with Crippen LogP contribution in [0.1, 0.15) is 31.1 Å². The third-order valence-electron chi connectivity index (χ3n) is 6.64. The molecule has 3 aliphatic heterocycles. The maximum absolute atomic E-state index is 12.1. The van der Waals surface area contributed by atoms with Crippen LogP contribution < -0.4 is 44.8 Å². The van der Waals surface area contributed by atoms with Crippen LogP contribution in [0, 0.1) is 3.57 Å². The van der Waals surface area contributed by atoms with Crippen LogP contribution in [0.5, 0.6) is 34.5 Å². The van der Waals surface area contributed by atoms with Gasteiger partial charge in [0.15, 0.2) is 34.5 Å². The van der Waals surface area contributed by atoms with Crippen LogP contribution in [0.25, 0.3) is 0 Å². The van der Waals surface area contributed by atoms with Gasteiger partial charge in [0.1, 0.15) is 45.9 Å². The second-order valence-electron chi connectivity index (χ2n) is 10.0. The molecule has 248 valence electrons. The highest BCUT2D eigenvalue weighted by molar-refractivity contribution is 14.1. The molecule has 0 bridgehead atoms. The fraction of sp³-hybridized carbons (Fsp3) is 0.176. The summed E-state index contributed by atoms with van der Waals surface area (Å²) in [7, 11) is 0. The van der Waals surface area contributed by atoms with Gasteiger partial charge in [0.25, 0.3) is 5.91 Å². The van der Waals surface area contributed by atoms with E-state index in [-0.39, 0.29) is 0 Å². The molecule has 0 aliphatic carbocycles. The van der Waals surface area contributed by atoms with Crippen molar-refractivity contribution < 1.29 is 47.6 Å². The van der Waals surface area contributed by atoms with Gasteiger partial charge < -0.3 is 39.5 Å². The Morgan fingerprint density at radius 1 is 0.625 bits per heavy atom. The van der Waals surface area contributed by atoms with Crippen molar-refractivity contribution in [2.45, 2.75) is 0 Å². The molecule has 48 heavy (non-hydrogen) atoms. The van der Waals surface area contributed by atoms with Gasteiger partial charge in [0.05, 0.1) is 0 Å². The smallest absolute Gasteiger partial charge is 0.326 e. The minimum Gasteiger partial charge on any atom is -0.486 e. The van der Waals surface area contributed by atoms with Gasteiger partial charge in [-0.3, -0.25) is 19.7 Å². The van der Waals surface area contributed by atoms with Gasteiger partial charge in [-0.25, -0.2) is 4.79 Å². The average molecular weight is 768 g/mol. The maximum Gasteiger partial charge on any atom is 0.326 e. The van der Waals surface area contributed by atoms with Crippen LogP contribution in [0.15, 0.2) is 78.9 Å². The van der Waals surface area contributed by atoms with Crippen molar-refractivity contribution in [1.82, 2.24) is 5.32 Å². The van der Waals surface area contributed by atoms with Crippen LogP contribution in [-0.2, 0) is 0 Å². The van der Waals surface area contributed by atoms with E-state index in [4.69, 9.17) is 34.2 Å². The Morgan fingerprint density at radius 3 is 1.67 bits per heavy atom. The topological polar surface area (TPSA) is 174 Å². The van der Waals surface area contributed by atoms with E-state index in [1.165, 1.54) is 0 Å². The Kier molecular flexibility index (Phi) is 11.5. The summed E-state index contributed by atoms with van der Waals surface area (Å²) < 4.78 is 32.9. The van der Waals surface area contributed by atoms with Crippen molar-refractivity contribution in [2.24, 2.45) is 5.73 Å². The summed E-state index contributed by atoms with van der Waals surface area (Å²) in [5.41, 5.74) is 7.10. The molecular formula is C34H30IN3O10. The van der Waals surface area contributed by atoms with Gasteiger partial charge in [-0.15, -0.1) is 0 Å². The largest absolute Gasteiger partial charge is 0.486 e. The van der Waals surface area contributed by atoms with E-state index < -0.39 is 17.8 Å². The number of halogens is 1. The molecule has 0 unspecified atom stereocenters.